The van der Waals surface area contributed by atoms with Gasteiger partial charge >= 0.3 is 6.03 Å². The van der Waals surface area contributed by atoms with Crippen LogP contribution in [-0.4, -0.2) is 46.5 Å². The largest absolute Gasteiger partial charge is 0.377 e. The highest BCUT2D eigenvalue weighted by Gasteiger charge is 2.39. The average Bonchev–Trinajstić information content (AvgIpc) is 3.30. The van der Waals surface area contributed by atoms with Crippen LogP contribution in [0.4, 0.5) is 10.5 Å². The summed E-state index contributed by atoms with van der Waals surface area (Å²) in [5, 5.41) is 7.19. The Morgan fingerprint density at radius 2 is 2.09 bits per heavy atom. The summed E-state index contributed by atoms with van der Waals surface area (Å²) in [5.74, 6) is 0.614. The maximum Gasteiger partial charge on any atom is 0.322 e. The molecule has 0 unspecified atom stereocenters. The Labute approximate surface area is 135 Å². The van der Waals surface area contributed by atoms with Gasteiger partial charge in [0.25, 0.3) is 0 Å². The number of carbonyl (C=O) groups is 1. The first kappa shape index (κ1) is 14.3. The molecule has 1 aliphatic heterocycles. The summed E-state index contributed by atoms with van der Waals surface area (Å²) in [6.45, 7) is 1.95. The molecular weight excluding hydrogens is 292 g/mol. The molecule has 4 rings (SSSR count). The van der Waals surface area contributed by atoms with Crippen molar-refractivity contribution < 1.29 is 9.53 Å². The second kappa shape index (κ2) is 6.04. The van der Waals surface area contributed by atoms with Crippen molar-refractivity contribution in [3.63, 3.8) is 0 Å². The molecule has 2 fully saturated rings. The number of hydrogen-bond donors (Lipinski definition) is 1. The van der Waals surface area contributed by atoms with Gasteiger partial charge in [-0.25, -0.2) is 9.48 Å². The molecule has 1 N–H and O–H groups in total. The topological polar surface area (TPSA) is 59.4 Å². The Morgan fingerprint density at radius 3 is 2.78 bits per heavy atom. The molecule has 2 aliphatic rings. The molecule has 1 atom stereocenters. The predicted octanol–water partition coefficient (Wildman–Crippen LogP) is 2.52. The van der Waals surface area contributed by atoms with E-state index in [2.05, 4.69) is 10.4 Å². The summed E-state index contributed by atoms with van der Waals surface area (Å²) in [4.78, 5) is 14.5. The highest BCUT2D eigenvalue weighted by molar-refractivity contribution is 5.89. The van der Waals surface area contributed by atoms with Crippen LogP contribution in [0.2, 0.25) is 0 Å². The summed E-state index contributed by atoms with van der Waals surface area (Å²) >= 11 is 0. The smallest absolute Gasteiger partial charge is 0.322 e. The number of nitrogens with zero attached hydrogens (tertiary/aromatic N) is 3. The van der Waals surface area contributed by atoms with Crippen molar-refractivity contribution in [1.29, 1.82) is 0 Å². The zero-order valence-electron chi connectivity index (χ0n) is 12.9. The number of amides is 2. The molecule has 6 nitrogen and oxygen atoms in total. The van der Waals surface area contributed by atoms with Crippen LogP contribution in [0.5, 0.6) is 0 Å². The van der Waals surface area contributed by atoms with Crippen LogP contribution in [0, 0.1) is 5.92 Å². The first-order valence-electron chi connectivity index (χ1n) is 8.07. The van der Waals surface area contributed by atoms with Gasteiger partial charge in [-0.1, -0.05) is 0 Å². The summed E-state index contributed by atoms with van der Waals surface area (Å²) in [6, 6.07) is 9.78. The first-order chi connectivity index (χ1) is 11.3. The Balaban J connectivity index is 1.43. The molecule has 2 heterocycles. The van der Waals surface area contributed by atoms with E-state index in [-0.39, 0.29) is 12.1 Å². The zero-order chi connectivity index (χ0) is 15.6. The summed E-state index contributed by atoms with van der Waals surface area (Å²) < 4.78 is 7.33. The average molecular weight is 312 g/mol. The lowest BCUT2D eigenvalue weighted by Gasteiger charge is -2.35. The van der Waals surface area contributed by atoms with Crippen LogP contribution in [0.3, 0.4) is 0 Å². The van der Waals surface area contributed by atoms with E-state index in [1.54, 1.807) is 10.9 Å². The molecule has 2 aromatic rings. The maximum atomic E-state index is 12.6. The molecule has 2 amide bonds. The van der Waals surface area contributed by atoms with Crippen molar-refractivity contribution >= 4 is 11.7 Å². The fourth-order valence-electron chi connectivity index (χ4n) is 3.06. The van der Waals surface area contributed by atoms with Crippen molar-refractivity contribution in [1.82, 2.24) is 14.7 Å². The molecule has 1 aromatic heterocycles. The lowest BCUT2D eigenvalue weighted by molar-refractivity contribution is 0.00773. The molecule has 23 heavy (non-hydrogen) atoms. The van der Waals surface area contributed by atoms with Gasteiger partial charge in [0.1, 0.15) is 0 Å². The third-order valence-corrected chi connectivity index (χ3v) is 4.48. The molecule has 6 heteroatoms. The number of ether oxygens (including phenoxy) is 1. The lowest BCUT2D eigenvalue weighted by atomic mass is 10.1. The second-order valence-electron chi connectivity index (χ2n) is 6.10. The van der Waals surface area contributed by atoms with E-state index in [1.807, 2.05) is 41.4 Å². The minimum Gasteiger partial charge on any atom is -0.377 e. The quantitative estimate of drug-likeness (QED) is 0.947. The third-order valence-electron chi connectivity index (χ3n) is 4.48. The van der Waals surface area contributed by atoms with E-state index in [4.69, 9.17) is 4.74 Å². The highest BCUT2D eigenvalue weighted by Crippen LogP contribution is 2.36. The van der Waals surface area contributed by atoms with Crippen LogP contribution in [-0.2, 0) is 4.74 Å². The molecule has 1 saturated carbocycles. The zero-order valence-corrected chi connectivity index (χ0v) is 12.9. The molecule has 1 aromatic carbocycles. The lowest BCUT2D eigenvalue weighted by Crippen LogP contribution is -2.51. The number of rotatable bonds is 3. The van der Waals surface area contributed by atoms with Gasteiger partial charge in [0.15, 0.2) is 0 Å². The second-order valence-corrected chi connectivity index (χ2v) is 6.10. The fourth-order valence-corrected chi connectivity index (χ4v) is 3.06. The third kappa shape index (κ3) is 3.07. The van der Waals surface area contributed by atoms with E-state index in [0.29, 0.717) is 25.7 Å². The predicted molar refractivity (Wildman–Crippen MR) is 86.6 cm³/mol. The van der Waals surface area contributed by atoms with Gasteiger partial charge in [0, 0.05) is 24.6 Å². The van der Waals surface area contributed by atoms with Crippen LogP contribution < -0.4 is 5.32 Å². The molecule has 0 spiro atoms. The number of morpholine rings is 1. The Kier molecular flexibility index (Phi) is 3.75. The summed E-state index contributed by atoms with van der Waals surface area (Å²) in [7, 11) is 0. The number of benzene rings is 1. The Morgan fingerprint density at radius 1 is 1.26 bits per heavy atom. The van der Waals surface area contributed by atoms with Gasteiger partial charge in [-0.15, -0.1) is 0 Å². The van der Waals surface area contributed by atoms with Crippen LogP contribution in [0.25, 0.3) is 5.69 Å². The van der Waals surface area contributed by atoms with Crippen molar-refractivity contribution in [2.24, 2.45) is 5.92 Å². The summed E-state index contributed by atoms with van der Waals surface area (Å²) in [6.07, 6.45) is 6.04. The Bertz CT molecular complexity index is 664. The Hall–Kier alpha value is -2.34. The standard InChI is InChI=1S/C17H20N4O2/c22-17(20-10-11-23-12-16(20)13-2-3-13)19-14-4-6-15(7-5-14)21-9-1-8-18-21/h1,4-9,13,16H,2-3,10-12H2,(H,19,22)/t16-/m1/s1. The van der Waals surface area contributed by atoms with Crippen LogP contribution in [0.1, 0.15) is 12.8 Å². The van der Waals surface area contributed by atoms with E-state index >= 15 is 0 Å². The van der Waals surface area contributed by atoms with E-state index in [0.717, 1.165) is 11.4 Å². The number of hydrogen-bond acceptors (Lipinski definition) is 3. The number of anilines is 1. The number of aromatic nitrogens is 2. The van der Waals surface area contributed by atoms with Crippen LogP contribution in [0.15, 0.2) is 42.7 Å². The van der Waals surface area contributed by atoms with Crippen molar-refractivity contribution in [2.75, 3.05) is 25.1 Å². The number of carbonyl (C=O) groups excluding carboxylic acids is 1. The van der Waals surface area contributed by atoms with Crippen molar-refractivity contribution in [3.8, 4) is 5.69 Å². The molecular formula is C17H20N4O2. The van der Waals surface area contributed by atoms with E-state index < -0.39 is 0 Å². The molecule has 1 saturated heterocycles. The van der Waals surface area contributed by atoms with Crippen LogP contribution >= 0.6 is 0 Å². The SMILES string of the molecule is O=C(Nc1ccc(-n2cccn2)cc1)N1CCOC[C@@H]1C1CC1. The minimum atomic E-state index is -0.0305. The number of nitrogens with one attached hydrogen (secondary N) is 1. The van der Waals surface area contributed by atoms with Crippen molar-refractivity contribution in [2.45, 2.75) is 18.9 Å². The monoisotopic (exact) mass is 312 g/mol. The van der Waals surface area contributed by atoms with Crippen molar-refractivity contribution in [3.05, 3.63) is 42.7 Å². The van der Waals surface area contributed by atoms with Gasteiger partial charge in [0.2, 0.25) is 0 Å². The van der Waals surface area contributed by atoms with Gasteiger partial charge in [0.05, 0.1) is 24.9 Å². The maximum absolute atomic E-state index is 12.6. The molecule has 0 radical (unpaired) electrons. The highest BCUT2D eigenvalue weighted by atomic mass is 16.5. The number of urea groups is 1. The van der Waals surface area contributed by atoms with Gasteiger partial charge in [-0.3, -0.25) is 0 Å². The van der Waals surface area contributed by atoms with Gasteiger partial charge in [-0.05, 0) is 49.1 Å². The van der Waals surface area contributed by atoms with E-state index in [9.17, 15) is 4.79 Å². The molecule has 0 bridgehead atoms. The molecule has 120 valence electrons. The minimum absolute atomic E-state index is 0.0305. The first-order valence-corrected chi connectivity index (χ1v) is 8.07. The van der Waals surface area contributed by atoms with E-state index in [1.165, 1.54) is 12.8 Å². The summed E-state index contributed by atoms with van der Waals surface area (Å²) in [5.41, 5.74) is 1.77. The normalized spacial score (nSPS) is 21.2. The molecule has 1 aliphatic carbocycles. The van der Waals surface area contributed by atoms with Gasteiger partial charge < -0.3 is 15.0 Å². The fraction of sp³-hybridized carbons (Fsp3) is 0.412. The van der Waals surface area contributed by atoms with Gasteiger partial charge in [-0.2, -0.15) is 5.10 Å².